The summed E-state index contributed by atoms with van der Waals surface area (Å²) in [4.78, 5) is 43.2. The number of aryl methyl sites for hydroxylation is 1. The Hall–Kier alpha value is -5.81. The standard InChI is InChI=1S/C47H60N6O8SSi/c1-31-23-37(27-38-43(31)50-28-39(45(48)56)44(38)52-34-16-14-17-35(26-34)60-6)62(58,59)36-18-13-15-33(24-36)46(57)53(5)22-12-10-9-11-21-49-29-42(61-63(7,8)47(2,3)4)32-19-20-41(55)40(25-32)51-30-54/h13-20,23-28,30,42,49,55H,9-12,21-22,29H2,1-8H3,(H2,48,56)(H,50,52)(H,51,54)/t42-/m0/s1. The van der Waals surface area contributed by atoms with Gasteiger partial charge in [-0.3, -0.25) is 19.4 Å². The number of amides is 3. The lowest BCUT2D eigenvalue weighted by Gasteiger charge is -2.39. The maximum atomic E-state index is 14.2. The molecule has 3 amide bonds. The highest BCUT2D eigenvalue weighted by Gasteiger charge is 2.39. The highest BCUT2D eigenvalue weighted by molar-refractivity contribution is 7.91. The van der Waals surface area contributed by atoms with E-state index in [4.69, 9.17) is 14.9 Å². The minimum Gasteiger partial charge on any atom is -0.506 e. The predicted octanol–water partition coefficient (Wildman–Crippen LogP) is 8.49. The molecule has 14 nitrogen and oxygen atoms in total. The minimum absolute atomic E-state index is 0.0126. The van der Waals surface area contributed by atoms with Gasteiger partial charge in [0.15, 0.2) is 8.32 Å². The number of benzene rings is 4. The Morgan fingerprint density at radius 2 is 1.70 bits per heavy atom. The number of fused-ring (bicyclic) bond motifs is 1. The number of pyridine rings is 1. The second kappa shape index (κ2) is 20.6. The van der Waals surface area contributed by atoms with Crippen LogP contribution in [0, 0.1) is 6.92 Å². The van der Waals surface area contributed by atoms with Crippen LogP contribution < -0.4 is 26.4 Å². The monoisotopic (exact) mass is 896 g/mol. The van der Waals surface area contributed by atoms with Crippen LogP contribution in [0.3, 0.4) is 0 Å². The van der Waals surface area contributed by atoms with Crippen LogP contribution in [-0.4, -0.2) is 83.7 Å². The van der Waals surface area contributed by atoms with E-state index in [1.807, 2.05) is 6.07 Å². The van der Waals surface area contributed by atoms with Gasteiger partial charge >= 0.3 is 0 Å². The van der Waals surface area contributed by atoms with Crippen molar-refractivity contribution in [2.24, 2.45) is 5.73 Å². The average molecular weight is 897 g/mol. The number of primary amides is 1. The van der Waals surface area contributed by atoms with E-state index in [1.165, 1.54) is 37.6 Å². The minimum atomic E-state index is -4.14. The van der Waals surface area contributed by atoms with Crippen LogP contribution in [-0.2, 0) is 19.1 Å². The fraction of sp³-hybridized carbons (Fsp3) is 0.362. The second-order valence-electron chi connectivity index (χ2n) is 17.2. The van der Waals surface area contributed by atoms with E-state index in [9.17, 15) is 27.9 Å². The lowest BCUT2D eigenvalue weighted by atomic mass is 10.1. The van der Waals surface area contributed by atoms with Gasteiger partial charge in [-0.1, -0.05) is 51.8 Å². The highest BCUT2D eigenvalue weighted by Crippen LogP contribution is 2.41. The van der Waals surface area contributed by atoms with Crippen molar-refractivity contribution in [1.82, 2.24) is 15.2 Å². The normalized spacial score (nSPS) is 12.4. The molecule has 0 fully saturated rings. The van der Waals surface area contributed by atoms with Crippen LogP contribution in [0.4, 0.5) is 17.1 Å². The van der Waals surface area contributed by atoms with E-state index in [0.717, 1.165) is 37.8 Å². The molecule has 5 rings (SSSR count). The lowest BCUT2D eigenvalue weighted by molar-refractivity contribution is -0.105. The first-order chi connectivity index (χ1) is 29.8. The molecule has 336 valence electrons. The van der Waals surface area contributed by atoms with Gasteiger partial charge in [-0.05, 0) is 110 Å². The van der Waals surface area contributed by atoms with Gasteiger partial charge in [-0.25, -0.2) is 8.42 Å². The Morgan fingerprint density at radius 1 is 0.968 bits per heavy atom. The largest absolute Gasteiger partial charge is 0.506 e. The van der Waals surface area contributed by atoms with Crippen LogP contribution in [0.5, 0.6) is 11.5 Å². The molecule has 1 heterocycles. The number of hydrogen-bond acceptors (Lipinski definition) is 11. The van der Waals surface area contributed by atoms with Crippen molar-refractivity contribution in [3.8, 4) is 11.5 Å². The Bertz CT molecular complexity index is 2560. The van der Waals surface area contributed by atoms with E-state index in [0.29, 0.717) is 58.8 Å². The third kappa shape index (κ3) is 11.8. The number of carbonyl (C=O) groups excluding carboxylic acids is 3. The van der Waals surface area contributed by atoms with E-state index in [-0.39, 0.29) is 43.7 Å². The van der Waals surface area contributed by atoms with Crippen molar-refractivity contribution in [2.45, 2.75) is 87.4 Å². The molecule has 5 aromatic rings. The quantitative estimate of drug-likeness (QED) is 0.0205. The van der Waals surface area contributed by atoms with Gasteiger partial charge in [-0.2, -0.15) is 0 Å². The molecule has 63 heavy (non-hydrogen) atoms. The molecule has 16 heteroatoms. The Labute approximate surface area is 371 Å². The summed E-state index contributed by atoms with van der Waals surface area (Å²) in [5.74, 6) is -0.466. The van der Waals surface area contributed by atoms with Gasteiger partial charge in [-0.15, -0.1) is 0 Å². The number of phenols is 1. The maximum absolute atomic E-state index is 14.2. The number of unbranched alkanes of at least 4 members (excludes halogenated alkanes) is 3. The summed E-state index contributed by atoms with van der Waals surface area (Å²) in [6.45, 7) is 14.5. The molecule has 0 unspecified atom stereocenters. The summed E-state index contributed by atoms with van der Waals surface area (Å²) in [6, 6.07) is 21.2. The molecule has 0 bridgehead atoms. The van der Waals surface area contributed by atoms with E-state index >= 15 is 0 Å². The third-order valence-corrected chi connectivity index (χ3v) is 17.8. The van der Waals surface area contributed by atoms with Gasteiger partial charge in [0.05, 0.1) is 45.5 Å². The zero-order chi connectivity index (χ0) is 46.1. The van der Waals surface area contributed by atoms with Crippen molar-refractivity contribution < 1.29 is 37.1 Å². The number of ether oxygens (including phenoxy) is 1. The van der Waals surface area contributed by atoms with E-state index < -0.39 is 24.1 Å². The van der Waals surface area contributed by atoms with Gasteiger partial charge in [0.1, 0.15) is 11.5 Å². The molecule has 0 spiro atoms. The number of hydrogen-bond donors (Lipinski definition) is 5. The summed E-state index contributed by atoms with van der Waals surface area (Å²) in [5.41, 5.74) is 9.22. The molecule has 4 aromatic carbocycles. The molecular formula is C47H60N6O8SSi. The van der Waals surface area contributed by atoms with Crippen molar-refractivity contribution in [3.63, 3.8) is 0 Å². The molecule has 0 saturated carbocycles. The summed E-state index contributed by atoms with van der Waals surface area (Å²) in [6.07, 6.45) is 5.12. The molecular weight excluding hydrogens is 837 g/mol. The number of aromatic hydroxyl groups is 1. The first-order valence-electron chi connectivity index (χ1n) is 20.9. The van der Waals surface area contributed by atoms with Crippen LogP contribution in [0.1, 0.15) is 84.4 Å². The molecule has 6 N–H and O–H groups in total. The second-order valence-corrected chi connectivity index (χ2v) is 23.9. The van der Waals surface area contributed by atoms with Crippen LogP contribution in [0.25, 0.3) is 10.9 Å². The molecule has 0 aliphatic rings. The number of rotatable bonds is 21. The number of nitrogens with one attached hydrogen (secondary N) is 3. The first kappa shape index (κ1) is 48.2. The summed E-state index contributed by atoms with van der Waals surface area (Å²) < 4.78 is 40.6. The summed E-state index contributed by atoms with van der Waals surface area (Å²) in [5, 5.41) is 19.9. The SMILES string of the molecule is COc1cccc(Nc2c(C(N)=O)cnc3c(C)cc(S(=O)(=O)c4cccc(C(=O)N(C)CCCCCCNC[C@H](O[Si](C)(C)C(C)(C)C)c5ccc(O)c(NC=O)c5)c4)cc23)c1. The number of anilines is 3. The van der Waals surface area contributed by atoms with Gasteiger partial charge < -0.3 is 40.9 Å². The fourth-order valence-electron chi connectivity index (χ4n) is 6.90. The Kier molecular flexibility index (Phi) is 15.8. The number of sulfone groups is 1. The number of nitrogens with two attached hydrogens (primary N) is 1. The molecule has 0 aliphatic heterocycles. The summed E-state index contributed by atoms with van der Waals surface area (Å²) >= 11 is 0. The number of carbonyl (C=O) groups is 3. The number of aromatic nitrogens is 1. The maximum Gasteiger partial charge on any atom is 0.253 e. The van der Waals surface area contributed by atoms with Crippen LogP contribution >= 0.6 is 0 Å². The lowest BCUT2D eigenvalue weighted by Crippen LogP contribution is -2.43. The molecule has 1 aromatic heterocycles. The number of methoxy groups -OCH3 is 1. The van der Waals surface area contributed by atoms with Gasteiger partial charge in [0, 0.05) is 49.0 Å². The first-order valence-corrected chi connectivity index (χ1v) is 25.3. The van der Waals surface area contributed by atoms with E-state index in [2.05, 4.69) is 54.8 Å². The fourth-order valence-corrected chi connectivity index (χ4v) is 9.60. The Morgan fingerprint density at radius 3 is 2.40 bits per heavy atom. The van der Waals surface area contributed by atoms with Crippen molar-refractivity contribution in [1.29, 1.82) is 0 Å². The van der Waals surface area contributed by atoms with Gasteiger partial charge in [0.2, 0.25) is 16.2 Å². The van der Waals surface area contributed by atoms with Gasteiger partial charge in [0.25, 0.3) is 11.8 Å². The smallest absolute Gasteiger partial charge is 0.253 e. The van der Waals surface area contributed by atoms with Crippen molar-refractivity contribution >= 4 is 64.3 Å². The summed E-state index contributed by atoms with van der Waals surface area (Å²) in [7, 11) is -3.06. The predicted molar refractivity (Wildman–Crippen MR) is 250 cm³/mol. The van der Waals surface area contributed by atoms with Crippen LogP contribution in [0.2, 0.25) is 18.1 Å². The van der Waals surface area contributed by atoms with Crippen molar-refractivity contribution in [3.05, 3.63) is 107 Å². The topological polar surface area (TPSA) is 202 Å². The molecule has 0 saturated heterocycles. The zero-order valence-corrected chi connectivity index (χ0v) is 39.2. The highest BCUT2D eigenvalue weighted by atomic mass is 32.2. The number of phenolic OH excluding ortho intramolecular Hbond substituents is 1. The molecule has 1 atom stereocenters. The van der Waals surface area contributed by atoms with E-state index in [1.54, 1.807) is 67.4 Å². The molecule has 0 aliphatic carbocycles. The number of nitrogens with zero attached hydrogens (tertiary/aromatic N) is 2. The Balaban J connectivity index is 1.20. The third-order valence-electron chi connectivity index (χ3n) is 11.6. The average Bonchev–Trinajstić information content (AvgIpc) is 3.24. The van der Waals surface area contributed by atoms with Crippen molar-refractivity contribution in [2.75, 3.05) is 44.4 Å². The van der Waals surface area contributed by atoms with Crippen LogP contribution in [0.15, 0.2) is 94.9 Å². The zero-order valence-electron chi connectivity index (χ0n) is 37.4. The molecule has 0 radical (unpaired) electrons.